The molecule has 4 rings (SSSR count). The van der Waals surface area contributed by atoms with Crippen molar-refractivity contribution in [3.8, 4) is 0 Å². The van der Waals surface area contributed by atoms with Gasteiger partial charge in [-0.3, -0.25) is 9.69 Å². The molecule has 1 amide bonds. The summed E-state index contributed by atoms with van der Waals surface area (Å²) in [6.07, 6.45) is -1.58. The van der Waals surface area contributed by atoms with Gasteiger partial charge in [-0.05, 0) is 5.56 Å². The molecule has 2 saturated heterocycles. The van der Waals surface area contributed by atoms with E-state index >= 15 is 0 Å². The molecule has 0 aromatic heterocycles. The third-order valence-corrected chi connectivity index (χ3v) is 5.50. The molecule has 2 fully saturated rings. The van der Waals surface area contributed by atoms with E-state index in [1.807, 2.05) is 48.5 Å². The maximum absolute atomic E-state index is 11.5. The van der Waals surface area contributed by atoms with Gasteiger partial charge in [0.25, 0.3) is 0 Å². The quantitative estimate of drug-likeness (QED) is 0.826. The van der Waals surface area contributed by atoms with Crippen LogP contribution in [0.2, 0.25) is 0 Å². The van der Waals surface area contributed by atoms with Crippen LogP contribution in [0.15, 0.2) is 60.7 Å². The first-order chi connectivity index (χ1) is 13.6. The molecule has 0 spiro atoms. The van der Waals surface area contributed by atoms with E-state index in [1.165, 1.54) is 6.92 Å². The Morgan fingerprint density at radius 3 is 2.50 bits per heavy atom. The topological polar surface area (TPSA) is 71.0 Å². The van der Waals surface area contributed by atoms with Crippen LogP contribution in [0.5, 0.6) is 0 Å². The summed E-state index contributed by atoms with van der Waals surface area (Å²) in [6, 6.07) is 19.6. The number of benzene rings is 2. The van der Waals surface area contributed by atoms with Crippen LogP contribution in [-0.4, -0.2) is 53.4 Å². The first-order valence-electron chi connectivity index (χ1n) is 9.67. The van der Waals surface area contributed by atoms with Crippen molar-refractivity contribution in [2.24, 2.45) is 0 Å². The molecule has 2 aliphatic rings. The Balaban J connectivity index is 1.55. The largest absolute Gasteiger partial charge is 0.389 e. The zero-order chi connectivity index (χ0) is 19.5. The normalized spacial score (nSPS) is 30.0. The summed E-state index contributed by atoms with van der Waals surface area (Å²) in [5, 5.41) is 13.9. The van der Waals surface area contributed by atoms with Gasteiger partial charge in [0.2, 0.25) is 5.91 Å². The molecule has 148 valence electrons. The molecule has 6 nitrogen and oxygen atoms in total. The lowest BCUT2D eigenvalue weighted by molar-refractivity contribution is -0.242. The van der Waals surface area contributed by atoms with Crippen molar-refractivity contribution in [2.75, 3.05) is 13.2 Å². The van der Waals surface area contributed by atoms with Gasteiger partial charge >= 0.3 is 0 Å². The highest BCUT2D eigenvalue weighted by Gasteiger charge is 2.52. The van der Waals surface area contributed by atoms with E-state index < -0.39 is 12.4 Å². The lowest BCUT2D eigenvalue weighted by Gasteiger charge is -2.36. The monoisotopic (exact) mass is 382 g/mol. The summed E-state index contributed by atoms with van der Waals surface area (Å²) in [5.74, 6) is -0.110. The van der Waals surface area contributed by atoms with Gasteiger partial charge in [0.05, 0.1) is 24.8 Å². The molecule has 2 N–H and O–H groups in total. The molecule has 0 radical (unpaired) electrons. The maximum atomic E-state index is 11.5. The Kier molecular flexibility index (Phi) is 5.73. The Bertz CT molecular complexity index is 786. The maximum Gasteiger partial charge on any atom is 0.216 e. The Morgan fingerprint density at radius 2 is 1.82 bits per heavy atom. The highest BCUT2D eigenvalue weighted by Crippen LogP contribution is 2.37. The van der Waals surface area contributed by atoms with E-state index in [-0.39, 0.29) is 24.1 Å². The van der Waals surface area contributed by atoms with Crippen LogP contribution in [-0.2, 0) is 20.8 Å². The van der Waals surface area contributed by atoms with Crippen LogP contribution in [0.25, 0.3) is 0 Å². The van der Waals surface area contributed by atoms with Gasteiger partial charge in [-0.2, -0.15) is 0 Å². The fraction of sp³-hybridized carbons (Fsp3) is 0.409. The van der Waals surface area contributed by atoms with Crippen LogP contribution in [0.3, 0.4) is 0 Å². The van der Waals surface area contributed by atoms with Gasteiger partial charge in [-0.15, -0.1) is 0 Å². The second-order valence-electron chi connectivity index (χ2n) is 7.40. The van der Waals surface area contributed by atoms with Gasteiger partial charge in [0.1, 0.15) is 6.10 Å². The van der Waals surface area contributed by atoms with E-state index in [9.17, 15) is 9.90 Å². The van der Waals surface area contributed by atoms with Crippen molar-refractivity contribution in [3.05, 3.63) is 71.8 Å². The number of fused-ring (bicyclic) bond motifs is 1. The smallest absolute Gasteiger partial charge is 0.216 e. The summed E-state index contributed by atoms with van der Waals surface area (Å²) in [6.45, 7) is 2.98. The van der Waals surface area contributed by atoms with Crippen molar-refractivity contribution in [3.63, 3.8) is 0 Å². The van der Waals surface area contributed by atoms with E-state index in [0.29, 0.717) is 19.7 Å². The molecule has 0 bridgehead atoms. The number of hydrogen-bond acceptors (Lipinski definition) is 5. The van der Waals surface area contributed by atoms with Crippen LogP contribution in [0, 0.1) is 0 Å². The van der Waals surface area contributed by atoms with Gasteiger partial charge in [-0.1, -0.05) is 60.7 Å². The highest BCUT2D eigenvalue weighted by atomic mass is 16.7. The number of nitrogens with one attached hydrogen (secondary N) is 1. The Hall–Kier alpha value is -2.25. The number of likely N-dealkylation sites (tertiary alicyclic amines) is 1. The van der Waals surface area contributed by atoms with E-state index in [0.717, 1.165) is 11.1 Å². The first-order valence-corrected chi connectivity index (χ1v) is 9.67. The predicted molar refractivity (Wildman–Crippen MR) is 104 cm³/mol. The zero-order valence-corrected chi connectivity index (χ0v) is 15.9. The van der Waals surface area contributed by atoms with Crippen molar-refractivity contribution < 1.29 is 19.4 Å². The number of aliphatic hydroxyl groups excluding tert-OH is 1. The number of carbonyl (C=O) groups excluding carboxylic acids is 1. The van der Waals surface area contributed by atoms with Crippen molar-refractivity contribution in [2.45, 2.75) is 44.1 Å². The SMILES string of the molecule is CC(=O)NC[C@@H]1[C@@H](O)[C@@H]2OC(c3ccccc3)OC[C@H]2N1Cc1ccccc1. The van der Waals surface area contributed by atoms with Gasteiger partial charge < -0.3 is 19.9 Å². The van der Waals surface area contributed by atoms with E-state index in [2.05, 4.69) is 22.3 Å². The van der Waals surface area contributed by atoms with Crippen LogP contribution in [0.4, 0.5) is 0 Å². The minimum Gasteiger partial charge on any atom is -0.389 e. The number of aliphatic hydroxyl groups is 1. The second kappa shape index (κ2) is 8.41. The molecule has 28 heavy (non-hydrogen) atoms. The zero-order valence-electron chi connectivity index (χ0n) is 15.9. The standard InChI is InChI=1S/C22H26N2O4/c1-15(25)23-12-18-20(26)21-19(24(18)13-16-8-4-2-5-9-16)14-27-22(28-21)17-10-6-3-7-11-17/h2-11,18-22,26H,12-14H2,1H3,(H,23,25)/t18-,19-,20-,21-,22?/m1/s1. The summed E-state index contributed by atoms with van der Waals surface area (Å²) < 4.78 is 12.2. The summed E-state index contributed by atoms with van der Waals surface area (Å²) in [5.41, 5.74) is 2.08. The molecule has 2 aliphatic heterocycles. The molecule has 2 heterocycles. The number of ether oxygens (including phenoxy) is 2. The number of carbonyl (C=O) groups is 1. The van der Waals surface area contributed by atoms with Crippen LogP contribution >= 0.6 is 0 Å². The van der Waals surface area contributed by atoms with Crippen LogP contribution < -0.4 is 5.32 Å². The Morgan fingerprint density at radius 1 is 1.14 bits per heavy atom. The summed E-state index contributed by atoms with van der Waals surface area (Å²) in [7, 11) is 0. The number of rotatable bonds is 5. The fourth-order valence-corrected chi connectivity index (χ4v) is 4.11. The van der Waals surface area contributed by atoms with Crippen LogP contribution in [0.1, 0.15) is 24.3 Å². The summed E-state index contributed by atoms with van der Waals surface area (Å²) in [4.78, 5) is 13.7. The van der Waals surface area contributed by atoms with Crippen molar-refractivity contribution in [1.82, 2.24) is 10.2 Å². The third kappa shape index (κ3) is 3.95. The number of hydrogen-bond donors (Lipinski definition) is 2. The molecular formula is C22H26N2O4. The molecule has 1 unspecified atom stereocenters. The molecule has 0 saturated carbocycles. The average Bonchev–Trinajstić information content (AvgIpc) is 2.98. The second-order valence-corrected chi connectivity index (χ2v) is 7.40. The van der Waals surface area contributed by atoms with Gasteiger partial charge in [0, 0.05) is 25.6 Å². The van der Waals surface area contributed by atoms with Gasteiger partial charge in [-0.25, -0.2) is 0 Å². The molecule has 2 aromatic carbocycles. The predicted octanol–water partition coefficient (Wildman–Crippen LogP) is 1.85. The fourth-order valence-electron chi connectivity index (χ4n) is 4.11. The lowest BCUT2D eigenvalue weighted by Crippen LogP contribution is -2.47. The number of amides is 1. The first kappa shape index (κ1) is 19.1. The summed E-state index contributed by atoms with van der Waals surface area (Å²) >= 11 is 0. The molecule has 2 aromatic rings. The van der Waals surface area contributed by atoms with Crippen molar-refractivity contribution in [1.29, 1.82) is 0 Å². The molecule has 5 atom stereocenters. The van der Waals surface area contributed by atoms with E-state index in [1.54, 1.807) is 0 Å². The van der Waals surface area contributed by atoms with Gasteiger partial charge in [0.15, 0.2) is 6.29 Å². The van der Waals surface area contributed by atoms with Crippen molar-refractivity contribution >= 4 is 5.91 Å². The van der Waals surface area contributed by atoms with E-state index in [4.69, 9.17) is 9.47 Å². The molecule has 0 aliphatic carbocycles. The minimum absolute atomic E-state index is 0.0751. The average molecular weight is 382 g/mol. The number of nitrogens with zero attached hydrogens (tertiary/aromatic N) is 1. The highest BCUT2D eigenvalue weighted by molar-refractivity contribution is 5.72. The molecular weight excluding hydrogens is 356 g/mol. The third-order valence-electron chi connectivity index (χ3n) is 5.50. The lowest BCUT2D eigenvalue weighted by atomic mass is 10.1. The Labute approximate surface area is 165 Å². The minimum atomic E-state index is -0.712. The molecule has 6 heteroatoms.